The summed E-state index contributed by atoms with van der Waals surface area (Å²) in [5.74, 6) is 0.634. The molecule has 3 N–H and O–H groups in total. The molecule has 2 aromatic carbocycles. The number of hydrogen-bond donors (Lipinski definition) is 3. The van der Waals surface area contributed by atoms with Crippen molar-refractivity contribution in [3.05, 3.63) is 70.8 Å². The number of nitriles is 1. The minimum absolute atomic E-state index is 0.567. The van der Waals surface area contributed by atoms with Crippen LogP contribution in [0.4, 0.5) is 5.82 Å². The number of nitrogens with zero attached hydrogens (tertiary/aromatic N) is 2. The lowest BCUT2D eigenvalue weighted by atomic mass is 10.0. The van der Waals surface area contributed by atoms with Crippen LogP contribution < -0.4 is 16.0 Å². The SMILES string of the molecule is Cc1cc(C)c2cc(C#N)c(NCCCNC(=S)NCc3ccccc3)nc2c1. The zero-order valence-electron chi connectivity index (χ0n) is 16.7. The molecule has 0 atom stereocenters. The Morgan fingerprint density at radius 3 is 2.62 bits per heavy atom. The van der Waals surface area contributed by atoms with Gasteiger partial charge in [0.05, 0.1) is 11.1 Å². The highest BCUT2D eigenvalue weighted by Crippen LogP contribution is 2.24. The Bertz CT molecular complexity index is 1040. The average molecular weight is 404 g/mol. The van der Waals surface area contributed by atoms with Gasteiger partial charge in [0.1, 0.15) is 11.9 Å². The van der Waals surface area contributed by atoms with Crippen LogP contribution in [0.25, 0.3) is 10.9 Å². The van der Waals surface area contributed by atoms with Gasteiger partial charge < -0.3 is 16.0 Å². The molecule has 0 fully saturated rings. The lowest BCUT2D eigenvalue weighted by molar-refractivity contribution is 0.776. The zero-order chi connectivity index (χ0) is 20.6. The quantitative estimate of drug-likeness (QED) is 0.406. The fourth-order valence-electron chi connectivity index (χ4n) is 3.19. The molecule has 3 aromatic rings. The highest BCUT2D eigenvalue weighted by atomic mass is 32.1. The molecule has 0 amide bonds. The van der Waals surface area contributed by atoms with Crippen molar-refractivity contribution in [1.29, 1.82) is 5.26 Å². The van der Waals surface area contributed by atoms with E-state index in [-0.39, 0.29) is 0 Å². The van der Waals surface area contributed by atoms with Gasteiger partial charge in [-0.2, -0.15) is 5.26 Å². The van der Waals surface area contributed by atoms with E-state index in [9.17, 15) is 5.26 Å². The molecular weight excluding hydrogens is 378 g/mol. The first kappa shape index (κ1) is 20.6. The first-order valence-electron chi connectivity index (χ1n) is 9.68. The summed E-state index contributed by atoms with van der Waals surface area (Å²) in [6.45, 7) is 6.25. The first-order valence-corrected chi connectivity index (χ1v) is 10.1. The molecule has 0 saturated heterocycles. The molecule has 1 heterocycles. The summed E-state index contributed by atoms with van der Waals surface area (Å²) in [6, 6.07) is 18.5. The Labute approximate surface area is 177 Å². The predicted octanol–water partition coefficient (Wildman–Crippen LogP) is 4.19. The number of nitrogens with one attached hydrogen (secondary N) is 3. The molecule has 0 radical (unpaired) electrons. The fraction of sp³-hybridized carbons (Fsp3) is 0.261. The largest absolute Gasteiger partial charge is 0.369 e. The summed E-state index contributed by atoms with van der Waals surface area (Å²) < 4.78 is 0. The Hall–Kier alpha value is -3.17. The maximum Gasteiger partial charge on any atom is 0.166 e. The van der Waals surface area contributed by atoms with Crippen LogP contribution in [0.15, 0.2) is 48.5 Å². The molecule has 29 heavy (non-hydrogen) atoms. The minimum atomic E-state index is 0.567. The van der Waals surface area contributed by atoms with E-state index in [1.165, 1.54) is 11.1 Å². The predicted molar refractivity (Wildman–Crippen MR) is 123 cm³/mol. The maximum atomic E-state index is 9.48. The third-order valence-electron chi connectivity index (χ3n) is 4.63. The van der Waals surface area contributed by atoms with Crippen molar-refractivity contribution in [2.75, 3.05) is 18.4 Å². The van der Waals surface area contributed by atoms with E-state index in [1.807, 2.05) is 37.3 Å². The smallest absolute Gasteiger partial charge is 0.166 e. The van der Waals surface area contributed by atoms with Gasteiger partial charge in [-0.05, 0) is 61.3 Å². The highest BCUT2D eigenvalue weighted by Gasteiger charge is 2.08. The number of benzene rings is 2. The second-order valence-corrected chi connectivity index (χ2v) is 7.43. The summed E-state index contributed by atoms with van der Waals surface area (Å²) in [7, 11) is 0. The monoisotopic (exact) mass is 403 g/mol. The Kier molecular flexibility index (Phi) is 6.99. The number of pyridine rings is 1. The van der Waals surface area contributed by atoms with Crippen molar-refractivity contribution in [2.45, 2.75) is 26.8 Å². The van der Waals surface area contributed by atoms with Crippen molar-refractivity contribution in [3.63, 3.8) is 0 Å². The van der Waals surface area contributed by atoms with Gasteiger partial charge in [-0.3, -0.25) is 0 Å². The molecule has 6 heteroatoms. The molecular formula is C23H25N5S. The van der Waals surface area contributed by atoms with Gasteiger partial charge in [0, 0.05) is 25.0 Å². The van der Waals surface area contributed by atoms with Gasteiger partial charge in [-0.1, -0.05) is 36.4 Å². The van der Waals surface area contributed by atoms with E-state index in [0.717, 1.165) is 29.4 Å². The third-order valence-corrected chi connectivity index (χ3v) is 4.92. The summed E-state index contributed by atoms with van der Waals surface area (Å²) >= 11 is 5.31. The highest BCUT2D eigenvalue weighted by molar-refractivity contribution is 7.80. The lowest BCUT2D eigenvalue weighted by Gasteiger charge is -2.12. The summed E-state index contributed by atoms with van der Waals surface area (Å²) in [5, 5.41) is 20.8. The maximum absolute atomic E-state index is 9.48. The van der Waals surface area contributed by atoms with Crippen LogP contribution in [0, 0.1) is 25.2 Å². The minimum Gasteiger partial charge on any atom is -0.369 e. The van der Waals surface area contributed by atoms with E-state index in [1.54, 1.807) is 0 Å². The van der Waals surface area contributed by atoms with Crippen molar-refractivity contribution in [2.24, 2.45) is 0 Å². The molecule has 0 unspecified atom stereocenters. The Balaban J connectivity index is 1.48. The number of thiocarbonyl (C=S) groups is 1. The topological polar surface area (TPSA) is 72.8 Å². The molecule has 0 saturated carbocycles. The number of aryl methyl sites for hydroxylation is 2. The molecule has 0 aliphatic carbocycles. The number of rotatable bonds is 7. The van der Waals surface area contributed by atoms with Crippen molar-refractivity contribution in [1.82, 2.24) is 15.6 Å². The van der Waals surface area contributed by atoms with Crippen molar-refractivity contribution < 1.29 is 0 Å². The fourth-order valence-corrected chi connectivity index (χ4v) is 3.36. The second-order valence-electron chi connectivity index (χ2n) is 7.02. The number of hydrogen-bond acceptors (Lipinski definition) is 4. The van der Waals surface area contributed by atoms with Gasteiger partial charge in [0.25, 0.3) is 0 Å². The number of fused-ring (bicyclic) bond motifs is 1. The van der Waals surface area contributed by atoms with Gasteiger partial charge in [-0.25, -0.2) is 4.98 Å². The average Bonchev–Trinajstić information content (AvgIpc) is 2.72. The molecule has 0 aliphatic heterocycles. The van der Waals surface area contributed by atoms with Gasteiger partial charge >= 0.3 is 0 Å². The van der Waals surface area contributed by atoms with Crippen LogP contribution in [0.1, 0.15) is 28.7 Å². The lowest BCUT2D eigenvalue weighted by Crippen LogP contribution is -2.35. The molecule has 0 spiro atoms. The molecule has 0 bridgehead atoms. The van der Waals surface area contributed by atoms with E-state index in [0.29, 0.717) is 29.6 Å². The normalized spacial score (nSPS) is 10.4. The van der Waals surface area contributed by atoms with Crippen LogP contribution in [0.2, 0.25) is 0 Å². The van der Waals surface area contributed by atoms with E-state index in [4.69, 9.17) is 12.2 Å². The molecule has 3 rings (SSSR count). The number of anilines is 1. The molecule has 5 nitrogen and oxygen atoms in total. The zero-order valence-corrected chi connectivity index (χ0v) is 17.6. The molecule has 1 aromatic heterocycles. The van der Waals surface area contributed by atoms with Crippen LogP contribution in [0.5, 0.6) is 0 Å². The van der Waals surface area contributed by atoms with Crippen LogP contribution in [-0.2, 0) is 6.54 Å². The van der Waals surface area contributed by atoms with E-state index < -0.39 is 0 Å². The molecule has 148 valence electrons. The Morgan fingerprint density at radius 1 is 1.07 bits per heavy atom. The standard InChI is InChI=1S/C23H25N5S/c1-16-11-17(2)20-13-19(14-24)22(28-21(20)12-16)25-9-6-10-26-23(29)27-15-18-7-4-3-5-8-18/h3-5,7-8,11-13H,6,9-10,15H2,1-2H3,(H,25,28)(H2,26,27,29). The van der Waals surface area contributed by atoms with Crippen molar-refractivity contribution in [3.8, 4) is 6.07 Å². The van der Waals surface area contributed by atoms with Crippen LogP contribution in [0.3, 0.4) is 0 Å². The van der Waals surface area contributed by atoms with Gasteiger partial charge in [0.15, 0.2) is 5.11 Å². The van der Waals surface area contributed by atoms with Gasteiger partial charge in [0.2, 0.25) is 0 Å². The Morgan fingerprint density at radius 2 is 1.86 bits per heavy atom. The molecule has 0 aliphatic rings. The van der Waals surface area contributed by atoms with E-state index in [2.05, 4.69) is 52.1 Å². The van der Waals surface area contributed by atoms with E-state index >= 15 is 0 Å². The van der Waals surface area contributed by atoms with Gasteiger partial charge in [-0.15, -0.1) is 0 Å². The summed E-state index contributed by atoms with van der Waals surface area (Å²) in [5.41, 5.74) is 4.97. The van der Waals surface area contributed by atoms with Crippen molar-refractivity contribution >= 4 is 34.1 Å². The van der Waals surface area contributed by atoms with Crippen LogP contribution >= 0.6 is 12.2 Å². The summed E-state index contributed by atoms with van der Waals surface area (Å²) in [6.07, 6.45) is 0.852. The van der Waals surface area contributed by atoms with Crippen LogP contribution in [-0.4, -0.2) is 23.2 Å². The third kappa shape index (κ3) is 5.66. The number of aromatic nitrogens is 1. The second kappa shape index (κ2) is 9.85. The first-order chi connectivity index (χ1) is 14.1. The summed E-state index contributed by atoms with van der Waals surface area (Å²) in [4.78, 5) is 4.67.